The van der Waals surface area contributed by atoms with Crippen LogP contribution in [0.4, 0.5) is 0 Å². The molecule has 0 aliphatic rings. The SMILES string of the molecule is CCCCC(CC)CNC(=NCC(=O)N(C)C)N(C)CCc1nccs1. The Balaban J connectivity index is 2.66. The first-order chi connectivity index (χ1) is 12.5. The van der Waals surface area contributed by atoms with Gasteiger partial charge in [0.25, 0.3) is 0 Å². The fourth-order valence-electron chi connectivity index (χ4n) is 2.52. The van der Waals surface area contributed by atoms with E-state index in [1.54, 1.807) is 30.3 Å². The van der Waals surface area contributed by atoms with Crippen molar-refractivity contribution in [3.05, 3.63) is 16.6 Å². The molecule has 0 aliphatic carbocycles. The number of carbonyl (C=O) groups excluding carboxylic acids is 1. The summed E-state index contributed by atoms with van der Waals surface area (Å²) in [6.07, 6.45) is 7.58. The fraction of sp³-hybridized carbons (Fsp3) is 0.737. The van der Waals surface area contributed by atoms with Crippen molar-refractivity contribution in [2.75, 3.05) is 40.8 Å². The molecule has 1 heterocycles. The normalized spacial score (nSPS) is 12.7. The minimum atomic E-state index is 0.00986. The zero-order valence-corrected chi connectivity index (χ0v) is 17.8. The Kier molecular flexibility index (Phi) is 10.9. The highest BCUT2D eigenvalue weighted by atomic mass is 32.1. The van der Waals surface area contributed by atoms with Gasteiger partial charge in [-0.3, -0.25) is 4.79 Å². The molecule has 1 unspecified atom stereocenters. The van der Waals surface area contributed by atoms with Gasteiger partial charge < -0.3 is 15.1 Å². The average molecular weight is 382 g/mol. The standard InChI is InChI=1S/C19H35N5OS/c1-6-8-9-16(7-2)14-21-19(22-15-18(25)23(3)4)24(5)12-10-17-20-11-13-26-17/h11,13,16H,6-10,12,14-15H2,1-5H3,(H,21,22). The number of amides is 1. The van der Waals surface area contributed by atoms with E-state index in [0.29, 0.717) is 5.92 Å². The third-order valence-corrected chi connectivity index (χ3v) is 5.30. The van der Waals surface area contributed by atoms with Gasteiger partial charge in [-0.05, 0) is 12.3 Å². The van der Waals surface area contributed by atoms with Crippen LogP contribution in [0.5, 0.6) is 0 Å². The van der Waals surface area contributed by atoms with E-state index in [9.17, 15) is 4.79 Å². The van der Waals surface area contributed by atoms with Gasteiger partial charge >= 0.3 is 0 Å². The number of aliphatic imine (C=N–C) groups is 1. The van der Waals surface area contributed by atoms with Gasteiger partial charge in [0.2, 0.25) is 5.91 Å². The molecule has 0 aliphatic heterocycles. The van der Waals surface area contributed by atoms with Crippen LogP contribution in [0.25, 0.3) is 0 Å². The minimum Gasteiger partial charge on any atom is -0.356 e. The average Bonchev–Trinajstić information content (AvgIpc) is 3.15. The third kappa shape index (κ3) is 8.65. The lowest BCUT2D eigenvalue weighted by Crippen LogP contribution is -2.42. The number of rotatable bonds is 11. The number of guanidine groups is 1. The van der Waals surface area contributed by atoms with E-state index in [1.165, 1.54) is 19.3 Å². The molecule has 148 valence electrons. The molecule has 0 spiro atoms. The Morgan fingerprint density at radius 1 is 1.35 bits per heavy atom. The number of carbonyl (C=O) groups is 1. The van der Waals surface area contributed by atoms with Crippen LogP contribution in [0.3, 0.4) is 0 Å². The van der Waals surface area contributed by atoms with E-state index in [4.69, 9.17) is 0 Å². The second kappa shape index (κ2) is 12.7. The first-order valence-electron chi connectivity index (χ1n) is 9.55. The molecule has 1 N–H and O–H groups in total. The summed E-state index contributed by atoms with van der Waals surface area (Å²) >= 11 is 1.67. The topological polar surface area (TPSA) is 60.8 Å². The highest BCUT2D eigenvalue weighted by Crippen LogP contribution is 2.11. The second-order valence-electron chi connectivity index (χ2n) is 6.82. The van der Waals surface area contributed by atoms with Crippen molar-refractivity contribution in [2.24, 2.45) is 10.9 Å². The maximum Gasteiger partial charge on any atom is 0.243 e. The van der Waals surface area contributed by atoms with Crippen molar-refractivity contribution in [1.82, 2.24) is 20.1 Å². The molecule has 1 rings (SSSR count). The van der Waals surface area contributed by atoms with Crippen molar-refractivity contribution in [1.29, 1.82) is 0 Å². The van der Waals surface area contributed by atoms with Gasteiger partial charge in [0.15, 0.2) is 5.96 Å². The smallest absolute Gasteiger partial charge is 0.243 e. The highest BCUT2D eigenvalue weighted by molar-refractivity contribution is 7.09. The van der Waals surface area contributed by atoms with Gasteiger partial charge in [0, 0.05) is 52.2 Å². The van der Waals surface area contributed by atoms with E-state index in [2.05, 4.69) is 34.0 Å². The summed E-state index contributed by atoms with van der Waals surface area (Å²) in [5.41, 5.74) is 0. The van der Waals surface area contributed by atoms with E-state index in [-0.39, 0.29) is 12.5 Å². The zero-order valence-electron chi connectivity index (χ0n) is 17.0. The number of thiazole rings is 1. The van der Waals surface area contributed by atoms with Crippen LogP contribution >= 0.6 is 11.3 Å². The van der Waals surface area contributed by atoms with Gasteiger partial charge in [-0.15, -0.1) is 11.3 Å². The van der Waals surface area contributed by atoms with Crippen LogP contribution in [0.15, 0.2) is 16.6 Å². The number of aromatic nitrogens is 1. The molecule has 1 aromatic rings. The van der Waals surface area contributed by atoms with Gasteiger partial charge in [0.05, 0.1) is 5.01 Å². The lowest BCUT2D eigenvalue weighted by Gasteiger charge is -2.24. The number of nitrogens with zero attached hydrogens (tertiary/aromatic N) is 4. The minimum absolute atomic E-state index is 0.00986. The van der Waals surface area contributed by atoms with Gasteiger partial charge in [-0.25, -0.2) is 9.98 Å². The fourth-order valence-corrected chi connectivity index (χ4v) is 3.13. The molecule has 26 heavy (non-hydrogen) atoms. The van der Waals surface area contributed by atoms with Crippen LogP contribution in [-0.2, 0) is 11.2 Å². The lowest BCUT2D eigenvalue weighted by molar-refractivity contribution is -0.127. The number of unbranched alkanes of at least 4 members (excludes halogenated alkanes) is 1. The Hall–Kier alpha value is -1.63. The Morgan fingerprint density at radius 3 is 2.69 bits per heavy atom. The molecule has 0 saturated carbocycles. The summed E-state index contributed by atoms with van der Waals surface area (Å²) in [6.45, 7) is 6.35. The largest absolute Gasteiger partial charge is 0.356 e. The number of hydrogen-bond donors (Lipinski definition) is 1. The zero-order chi connectivity index (χ0) is 19.4. The maximum atomic E-state index is 11.9. The Bertz CT molecular complexity index is 530. The van der Waals surface area contributed by atoms with Crippen LogP contribution < -0.4 is 5.32 Å². The summed E-state index contributed by atoms with van der Waals surface area (Å²) in [6, 6.07) is 0. The number of hydrogen-bond acceptors (Lipinski definition) is 4. The van der Waals surface area contributed by atoms with Crippen LogP contribution in [0, 0.1) is 5.92 Å². The Labute approximate surface area is 162 Å². The molecule has 0 fully saturated rings. The van der Waals surface area contributed by atoms with Crippen molar-refractivity contribution >= 4 is 23.2 Å². The summed E-state index contributed by atoms with van der Waals surface area (Å²) in [4.78, 5) is 24.5. The van der Waals surface area contributed by atoms with E-state index >= 15 is 0 Å². The monoisotopic (exact) mass is 381 g/mol. The Morgan fingerprint density at radius 2 is 2.12 bits per heavy atom. The quantitative estimate of drug-likeness (QED) is 0.473. The van der Waals surface area contributed by atoms with Gasteiger partial charge in [-0.2, -0.15) is 0 Å². The van der Waals surface area contributed by atoms with E-state index < -0.39 is 0 Å². The molecule has 0 bridgehead atoms. The van der Waals surface area contributed by atoms with E-state index in [1.807, 2.05) is 18.6 Å². The summed E-state index contributed by atoms with van der Waals surface area (Å²) < 4.78 is 0. The molecule has 6 nitrogen and oxygen atoms in total. The van der Waals surface area contributed by atoms with Gasteiger partial charge in [-0.1, -0.05) is 33.1 Å². The predicted octanol–water partition coefficient (Wildman–Crippen LogP) is 2.87. The van der Waals surface area contributed by atoms with Crippen molar-refractivity contribution in [3.8, 4) is 0 Å². The lowest BCUT2D eigenvalue weighted by atomic mass is 9.99. The van der Waals surface area contributed by atoms with Crippen molar-refractivity contribution in [2.45, 2.75) is 46.0 Å². The number of likely N-dealkylation sites (N-methyl/N-ethyl adjacent to an activating group) is 2. The molecule has 0 saturated heterocycles. The molecule has 1 aromatic heterocycles. The molecule has 1 amide bonds. The molecule has 1 atom stereocenters. The van der Waals surface area contributed by atoms with Crippen molar-refractivity contribution < 1.29 is 4.79 Å². The third-order valence-electron chi connectivity index (χ3n) is 4.46. The van der Waals surface area contributed by atoms with E-state index in [0.717, 1.165) is 36.9 Å². The first kappa shape index (κ1) is 22.4. The predicted molar refractivity (Wildman–Crippen MR) is 111 cm³/mol. The maximum absolute atomic E-state index is 11.9. The number of nitrogens with one attached hydrogen (secondary N) is 1. The molecular weight excluding hydrogens is 346 g/mol. The van der Waals surface area contributed by atoms with Gasteiger partial charge in [0.1, 0.15) is 6.54 Å². The van der Waals surface area contributed by atoms with Crippen LogP contribution in [0.2, 0.25) is 0 Å². The second-order valence-corrected chi connectivity index (χ2v) is 7.80. The first-order valence-corrected chi connectivity index (χ1v) is 10.4. The van der Waals surface area contributed by atoms with Crippen LogP contribution in [-0.4, -0.2) is 67.4 Å². The molecule has 0 aromatic carbocycles. The summed E-state index contributed by atoms with van der Waals surface area (Å²) in [5.74, 6) is 1.44. The highest BCUT2D eigenvalue weighted by Gasteiger charge is 2.12. The molecule has 7 heteroatoms. The summed E-state index contributed by atoms with van der Waals surface area (Å²) in [7, 11) is 5.54. The molecular formula is C19H35N5OS. The summed E-state index contributed by atoms with van der Waals surface area (Å²) in [5, 5.41) is 6.61. The van der Waals surface area contributed by atoms with Crippen molar-refractivity contribution in [3.63, 3.8) is 0 Å². The molecule has 0 radical (unpaired) electrons. The van der Waals surface area contributed by atoms with Crippen LogP contribution in [0.1, 0.15) is 44.5 Å².